The first-order chi connectivity index (χ1) is 18.2. The van der Waals surface area contributed by atoms with Crippen LogP contribution in [0.1, 0.15) is 51.3 Å². The minimum Gasteiger partial charge on any atom is -0.309 e. The van der Waals surface area contributed by atoms with Crippen molar-refractivity contribution < 1.29 is 31.0 Å². The highest BCUT2D eigenvalue weighted by molar-refractivity contribution is 7.84. The minimum atomic E-state index is -5.12. The third kappa shape index (κ3) is 5.00. The first-order valence-electron chi connectivity index (χ1n) is 11.9. The van der Waals surface area contributed by atoms with Crippen LogP contribution in [0.4, 0.5) is 27.8 Å². The molecule has 3 heterocycles. The molecular formula is C24H24F5N7O2S. The Kier molecular flexibility index (Phi) is 6.49. The van der Waals surface area contributed by atoms with Gasteiger partial charge in [-0.3, -0.25) is 14.9 Å². The summed E-state index contributed by atoms with van der Waals surface area (Å²) in [6.07, 6.45) is -1.34. The quantitative estimate of drug-likeness (QED) is 0.288. The highest BCUT2D eigenvalue weighted by Crippen LogP contribution is 2.45. The average Bonchev–Trinajstić information content (AvgIpc) is 3.19. The van der Waals surface area contributed by atoms with Crippen LogP contribution in [0.15, 0.2) is 24.8 Å². The zero-order valence-electron chi connectivity index (χ0n) is 21.2. The van der Waals surface area contributed by atoms with Gasteiger partial charge in [-0.05, 0) is 34.1 Å². The van der Waals surface area contributed by atoms with Crippen molar-refractivity contribution in [2.24, 2.45) is 5.92 Å². The number of aromatic amines is 1. The smallest absolute Gasteiger partial charge is 0.309 e. The van der Waals surface area contributed by atoms with Crippen LogP contribution >= 0.6 is 0 Å². The lowest BCUT2D eigenvalue weighted by atomic mass is 9.93. The van der Waals surface area contributed by atoms with Crippen molar-refractivity contribution in [1.29, 1.82) is 0 Å². The molecule has 3 N–H and O–H groups in total. The molecule has 0 saturated heterocycles. The zero-order chi connectivity index (χ0) is 28.4. The molecule has 208 valence electrons. The molecule has 1 amide bonds. The van der Waals surface area contributed by atoms with Gasteiger partial charge in [0, 0.05) is 28.8 Å². The lowest BCUT2D eigenvalue weighted by Gasteiger charge is -2.24. The van der Waals surface area contributed by atoms with Crippen LogP contribution in [0.3, 0.4) is 0 Å². The summed E-state index contributed by atoms with van der Waals surface area (Å²) >= 11 is 0. The van der Waals surface area contributed by atoms with Gasteiger partial charge in [0.15, 0.2) is 11.5 Å². The Morgan fingerprint density at radius 2 is 1.92 bits per heavy atom. The topological polar surface area (TPSA) is 117 Å². The number of nitrogens with zero attached hydrogens (tertiary/aromatic N) is 4. The molecule has 0 spiro atoms. The number of nitrogens with one attached hydrogen (secondary N) is 3. The van der Waals surface area contributed by atoms with E-state index in [2.05, 4.69) is 30.2 Å². The van der Waals surface area contributed by atoms with E-state index in [1.165, 1.54) is 29.9 Å². The fourth-order valence-corrected chi connectivity index (χ4v) is 5.04. The van der Waals surface area contributed by atoms with Gasteiger partial charge in [0.2, 0.25) is 5.91 Å². The molecule has 1 fully saturated rings. The molecule has 5 rings (SSSR count). The van der Waals surface area contributed by atoms with E-state index >= 15 is 4.39 Å². The Hall–Kier alpha value is -3.46. The molecule has 0 bridgehead atoms. The molecule has 0 radical (unpaired) electrons. The number of anilines is 1. The number of fused-ring (bicyclic) bond motifs is 2. The van der Waals surface area contributed by atoms with Gasteiger partial charge in [-0.2, -0.15) is 18.3 Å². The van der Waals surface area contributed by atoms with Crippen molar-refractivity contribution >= 4 is 39.3 Å². The minimum absolute atomic E-state index is 0.00732. The molecule has 1 aliphatic carbocycles. The molecule has 1 saturated carbocycles. The summed E-state index contributed by atoms with van der Waals surface area (Å²) in [6, 6.07) is -1.08. The molecule has 4 atom stereocenters. The highest BCUT2D eigenvalue weighted by atomic mass is 32.2. The number of hydrogen-bond donors (Lipinski definition) is 3. The molecule has 4 aromatic rings. The summed E-state index contributed by atoms with van der Waals surface area (Å²) in [4.78, 5) is 20.3. The van der Waals surface area contributed by atoms with Crippen molar-refractivity contribution in [2.75, 3.05) is 5.32 Å². The van der Waals surface area contributed by atoms with E-state index in [4.69, 9.17) is 0 Å². The number of benzene rings is 1. The van der Waals surface area contributed by atoms with E-state index in [1.807, 2.05) is 0 Å². The lowest BCUT2D eigenvalue weighted by Crippen LogP contribution is -2.35. The van der Waals surface area contributed by atoms with Gasteiger partial charge in [0.1, 0.15) is 17.6 Å². The normalized spacial score (nSPS) is 19.4. The Morgan fingerprint density at radius 1 is 1.23 bits per heavy atom. The summed E-state index contributed by atoms with van der Waals surface area (Å²) < 4.78 is 88.2. The number of halogens is 5. The summed E-state index contributed by atoms with van der Waals surface area (Å²) in [5.74, 6) is -2.79. The maximum absolute atomic E-state index is 15.9. The number of alkyl halides is 4. The van der Waals surface area contributed by atoms with Crippen LogP contribution in [0, 0.1) is 11.7 Å². The number of amides is 1. The van der Waals surface area contributed by atoms with Crippen LogP contribution in [0.2, 0.25) is 0 Å². The Bertz CT molecular complexity index is 1630. The fourth-order valence-electron chi connectivity index (χ4n) is 4.25. The largest absolute Gasteiger partial charge is 0.419 e. The third-order valence-corrected chi connectivity index (χ3v) is 8.02. The van der Waals surface area contributed by atoms with E-state index in [1.54, 1.807) is 20.8 Å². The number of hydrogen-bond acceptors (Lipinski definition) is 5. The van der Waals surface area contributed by atoms with Crippen molar-refractivity contribution in [3.05, 3.63) is 41.7 Å². The standard InChI is InChI=1S/C24H24F5N7O2S/c1-10(35-39(38)23(2,3)4)17-20(26)19(24(27,28)29)18(12-6-31-34-21(12)17)14-8-36-9-15(32-16(36)7-30-14)33-22(37)11-5-13(11)25/h6-11,13,35H,5H2,1-4H3,(H,31,34)(H,33,37). The van der Waals surface area contributed by atoms with Gasteiger partial charge in [-0.25, -0.2) is 22.7 Å². The van der Waals surface area contributed by atoms with Crippen molar-refractivity contribution in [1.82, 2.24) is 29.3 Å². The summed E-state index contributed by atoms with van der Waals surface area (Å²) in [5.41, 5.74) is -2.51. The van der Waals surface area contributed by atoms with Crippen molar-refractivity contribution in [3.8, 4) is 11.3 Å². The number of H-pyrrole nitrogens is 1. The van der Waals surface area contributed by atoms with Crippen LogP contribution < -0.4 is 10.0 Å². The molecule has 3 aromatic heterocycles. The Labute approximate surface area is 221 Å². The summed E-state index contributed by atoms with van der Waals surface area (Å²) in [5, 5.41) is 8.86. The molecule has 0 aliphatic heterocycles. The Balaban J connectivity index is 1.63. The van der Waals surface area contributed by atoms with E-state index < -0.39 is 62.9 Å². The second-order valence-corrected chi connectivity index (χ2v) is 12.4. The number of aromatic nitrogens is 5. The molecular weight excluding hydrogens is 545 g/mol. The first-order valence-corrected chi connectivity index (χ1v) is 13.1. The summed E-state index contributed by atoms with van der Waals surface area (Å²) in [7, 11) is -1.70. The highest BCUT2D eigenvalue weighted by Gasteiger charge is 2.44. The van der Waals surface area contributed by atoms with Crippen LogP contribution in [-0.2, 0) is 22.0 Å². The molecule has 15 heteroatoms. The van der Waals surface area contributed by atoms with Crippen molar-refractivity contribution in [2.45, 2.75) is 57.3 Å². The molecule has 39 heavy (non-hydrogen) atoms. The molecule has 1 aromatic carbocycles. The average molecular weight is 570 g/mol. The third-order valence-electron chi connectivity index (χ3n) is 6.34. The monoisotopic (exact) mass is 569 g/mol. The van der Waals surface area contributed by atoms with E-state index in [9.17, 15) is 26.6 Å². The van der Waals surface area contributed by atoms with Crippen LogP contribution in [0.25, 0.3) is 27.8 Å². The van der Waals surface area contributed by atoms with Gasteiger partial charge in [-0.15, -0.1) is 0 Å². The maximum atomic E-state index is 15.9. The van der Waals surface area contributed by atoms with E-state index in [0.717, 1.165) is 6.20 Å². The number of imidazole rings is 1. The first kappa shape index (κ1) is 27.1. The summed E-state index contributed by atoms with van der Waals surface area (Å²) in [6.45, 7) is 6.44. The molecule has 1 aliphatic rings. The van der Waals surface area contributed by atoms with Gasteiger partial charge in [0.25, 0.3) is 0 Å². The number of rotatable bonds is 6. The van der Waals surface area contributed by atoms with Gasteiger partial charge in [0.05, 0.1) is 51.5 Å². The van der Waals surface area contributed by atoms with Crippen LogP contribution in [-0.4, -0.2) is 45.6 Å². The number of carbonyl (C=O) groups excluding carboxylic acids is 1. The van der Waals surface area contributed by atoms with Crippen molar-refractivity contribution in [3.63, 3.8) is 0 Å². The van der Waals surface area contributed by atoms with Gasteiger partial charge in [-0.1, -0.05) is 0 Å². The molecule has 9 nitrogen and oxygen atoms in total. The van der Waals surface area contributed by atoms with E-state index in [-0.39, 0.29) is 40.0 Å². The lowest BCUT2D eigenvalue weighted by molar-refractivity contribution is -0.139. The fraction of sp³-hybridized carbons (Fsp3) is 0.417. The maximum Gasteiger partial charge on any atom is 0.419 e. The molecule has 4 unspecified atom stereocenters. The second kappa shape index (κ2) is 9.33. The second-order valence-electron chi connectivity index (χ2n) is 10.4. The number of carbonyl (C=O) groups is 1. The van der Waals surface area contributed by atoms with Gasteiger partial charge >= 0.3 is 6.18 Å². The predicted molar refractivity (Wildman–Crippen MR) is 134 cm³/mol. The van der Waals surface area contributed by atoms with E-state index in [0.29, 0.717) is 0 Å². The Morgan fingerprint density at radius 3 is 2.54 bits per heavy atom. The predicted octanol–water partition coefficient (Wildman–Crippen LogP) is 4.84. The van der Waals surface area contributed by atoms with Crippen LogP contribution in [0.5, 0.6) is 0 Å². The SMILES string of the molecule is CC(NS(=O)C(C)(C)C)c1c(F)c(C(F)(F)F)c(-c2cn3cc(NC(=O)C4CC4F)nc3cn2)c2cn[nH]c12. The van der Waals surface area contributed by atoms with Gasteiger partial charge < -0.3 is 9.72 Å². The zero-order valence-corrected chi connectivity index (χ0v) is 22.0.